The molecule has 1 heterocycles. The summed E-state index contributed by atoms with van der Waals surface area (Å²) in [5.74, 6) is -1.27. The number of carbonyl (C=O) groups excluding carboxylic acids is 1. The number of hydrogen-bond donors (Lipinski definition) is 2. The summed E-state index contributed by atoms with van der Waals surface area (Å²) in [6.45, 7) is 0. The highest BCUT2D eigenvalue weighted by molar-refractivity contribution is 6.31. The molecular formula is C15H10ClF2N3O. The van der Waals surface area contributed by atoms with Gasteiger partial charge in [-0.1, -0.05) is 17.7 Å². The van der Waals surface area contributed by atoms with Gasteiger partial charge < -0.3 is 4.98 Å². The molecule has 0 radical (unpaired) electrons. The summed E-state index contributed by atoms with van der Waals surface area (Å²) in [7, 11) is 0. The predicted molar refractivity (Wildman–Crippen MR) is 79.8 cm³/mol. The molecule has 0 aliphatic rings. The number of halogens is 3. The second-order valence-electron chi connectivity index (χ2n) is 4.67. The molecule has 3 aromatic rings. The van der Waals surface area contributed by atoms with Crippen molar-refractivity contribution in [3.63, 3.8) is 0 Å². The van der Waals surface area contributed by atoms with Crippen molar-refractivity contribution in [2.45, 2.75) is 6.42 Å². The van der Waals surface area contributed by atoms with E-state index >= 15 is 0 Å². The Bertz CT molecular complexity index is 843. The summed E-state index contributed by atoms with van der Waals surface area (Å²) >= 11 is 5.87. The van der Waals surface area contributed by atoms with Gasteiger partial charge in [-0.2, -0.15) is 0 Å². The maximum atomic E-state index is 13.6. The molecule has 0 saturated heterocycles. The van der Waals surface area contributed by atoms with Gasteiger partial charge in [-0.15, -0.1) is 0 Å². The van der Waals surface area contributed by atoms with E-state index in [0.29, 0.717) is 11.0 Å². The van der Waals surface area contributed by atoms with E-state index in [0.717, 1.165) is 0 Å². The SMILES string of the molecule is O=C(Cc1c(F)cccc1Cl)Nc1nc2ccc(F)cc2[nH]1. The quantitative estimate of drug-likeness (QED) is 0.773. The molecule has 0 unspecified atom stereocenters. The monoisotopic (exact) mass is 321 g/mol. The molecule has 7 heteroatoms. The summed E-state index contributed by atoms with van der Waals surface area (Å²) in [6.07, 6.45) is -0.225. The molecule has 0 aliphatic heterocycles. The van der Waals surface area contributed by atoms with Gasteiger partial charge in [0.05, 0.1) is 17.5 Å². The lowest BCUT2D eigenvalue weighted by molar-refractivity contribution is -0.115. The van der Waals surface area contributed by atoms with Gasteiger partial charge in [0.1, 0.15) is 11.6 Å². The number of aromatic amines is 1. The van der Waals surface area contributed by atoms with Gasteiger partial charge >= 0.3 is 0 Å². The maximum absolute atomic E-state index is 13.6. The Morgan fingerprint density at radius 1 is 1.27 bits per heavy atom. The van der Waals surface area contributed by atoms with Crippen LogP contribution in [-0.4, -0.2) is 15.9 Å². The second-order valence-corrected chi connectivity index (χ2v) is 5.08. The third kappa shape index (κ3) is 2.92. The predicted octanol–water partition coefficient (Wildman–Crippen LogP) is 3.68. The molecule has 1 amide bonds. The number of rotatable bonds is 3. The number of imidazole rings is 1. The Morgan fingerprint density at radius 3 is 2.86 bits per heavy atom. The first-order valence-electron chi connectivity index (χ1n) is 6.41. The van der Waals surface area contributed by atoms with Crippen LogP contribution in [0.1, 0.15) is 5.56 Å². The molecule has 3 rings (SSSR count). The fourth-order valence-corrected chi connectivity index (χ4v) is 2.31. The molecule has 1 aromatic heterocycles. The molecule has 0 spiro atoms. The fraction of sp³-hybridized carbons (Fsp3) is 0.0667. The third-order valence-corrected chi connectivity index (χ3v) is 3.45. The largest absolute Gasteiger partial charge is 0.324 e. The Morgan fingerprint density at radius 2 is 2.09 bits per heavy atom. The van der Waals surface area contributed by atoms with Gasteiger partial charge in [0.25, 0.3) is 0 Å². The zero-order valence-corrected chi connectivity index (χ0v) is 11.9. The molecule has 0 fully saturated rings. The molecule has 0 saturated carbocycles. The van der Waals surface area contributed by atoms with Gasteiger partial charge in [0.15, 0.2) is 0 Å². The molecular weight excluding hydrogens is 312 g/mol. The Hall–Kier alpha value is -2.47. The average molecular weight is 322 g/mol. The minimum Gasteiger partial charge on any atom is -0.324 e. The van der Waals surface area contributed by atoms with E-state index in [4.69, 9.17) is 11.6 Å². The number of benzene rings is 2. The number of amides is 1. The number of fused-ring (bicyclic) bond motifs is 1. The molecule has 0 bridgehead atoms. The standard InChI is InChI=1S/C15H10ClF2N3O/c16-10-2-1-3-11(18)9(10)7-14(22)21-15-19-12-5-4-8(17)6-13(12)20-15/h1-6H,7H2,(H2,19,20,21,22). The van der Waals surface area contributed by atoms with Crippen molar-refractivity contribution < 1.29 is 13.6 Å². The molecule has 0 atom stereocenters. The topological polar surface area (TPSA) is 57.8 Å². The number of nitrogens with zero attached hydrogens (tertiary/aromatic N) is 1. The van der Waals surface area contributed by atoms with Crippen molar-refractivity contribution >= 4 is 34.5 Å². The summed E-state index contributed by atoms with van der Waals surface area (Å²) in [5, 5.41) is 2.68. The lowest BCUT2D eigenvalue weighted by atomic mass is 10.1. The van der Waals surface area contributed by atoms with E-state index in [1.807, 2.05) is 0 Å². The van der Waals surface area contributed by atoms with Crippen LogP contribution in [0.3, 0.4) is 0 Å². The molecule has 4 nitrogen and oxygen atoms in total. The zero-order valence-electron chi connectivity index (χ0n) is 11.2. The molecule has 112 valence electrons. The van der Waals surface area contributed by atoms with Crippen molar-refractivity contribution in [1.29, 1.82) is 0 Å². The van der Waals surface area contributed by atoms with Crippen molar-refractivity contribution in [2.24, 2.45) is 0 Å². The summed E-state index contributed by atoms with van der Waals surface area (Å²) in [6, 6.07) is 8.24. The minimum absolute atomic E-state index is 0.115. The summed E-state index contributed by atoms with van der Waals surface area (Å²) < 4.78 is 26.7. The van der Waals surface area contributed by atoms with E-state index < -0.39 is 17.5 Å². The van der Waals surface area contributed by atoms with Crippen LogP contribution in [0.2, 0.25) is 5.02 Å². The van der Waals surface area contributed by atoms with Crippen LogP contribution in [0, 0.1) is 11.6 Å². The smallest absolute Gasteiger partial charge is 0.231 e. The van der Waals surface area contributed by atoms with Gasteiger partial charge in [0, 0.05) is 10.6 Å². The average Bonchev–Trinajstić information content (AvgIpc) is 2.84. The van der Waals surface area contributed by atoms with Crippen LogP contribution in [0.5, 0.6) is 0 Å². The lowest BCUT2D eigenvalue weighted by Gasteiger charge is -2.05. The fourth-order valence-electron chi connectivity index (χ4n) is 2.08. The first-order chi connectivity index (χ1) is 10.5. The lowest BCUT2D eigenvalue weighted by Crippen LogP contribution is -2.16. The minimum atomic E-state index is -0.547. The number of carbonyl (C=O) groups is 1. The van der Waals surface area contributed by atoms with Crippen LogP contribution in [-0.2, 0) is 11.2 Å². The highest BCUT2D eigenvalue weighted by Crippen LogP contribution is 2.20. The van der Waals surface area contributed by atoms with E-state index in [1.54, 1.807) is 0 Å². The Labute approximate surface area is 129 Å². The summed E-state index contributed by atoms with van der Waals surface area (Å²) in [4.78, 5) is 18.8. The van der Waals surface area contributed by atoms with Crippen molar-refractivity contribution in [3.05, 3.63) is 58.6 Å². The molecule has 2 aromatic carbocycles. The summed E-state index contributed by atoms with van der Waals surface area (Å²) in [5.41, 5.74) is 1.09. The van der Waals surface area contributed by atoms with Crippen molar-refractivity contribution in [3.8, 4) is 0 Å². The highest BCUT2D eigenvalue weighted by atomic mass is 35.5. The number of hydrogen-bond acceptors (Lipinski definition) is 2. The second kappa shape index (κ2) is 5.73. The Balaban J connectivity index is 1.78. The van der Waals surface area contributed by atoms with Gasteiger partial charge in [-0.05, 0) is 30.3 Å². The van der Waals surface area contributed by atoms with Crippen LogP contribution < -0.4 is 5.32 Å². The number of H-pyrrole nitrogens is 1. The van der Waals surface area contributed by atoms with Crippen LogP contribution in [0.15, 0.2) is 36.4 Å². The molecule has 22 heavy (non-hydrogen) atoms. The van der Waals surface area contributed by atoms with Gasteiger partial charge in [0.2, 0.25) is 11.9 Å². The van der Waals surface area contributed by atoms with E-state index in [1.165, 1.54) is 36.4 Å². The van der Waals surface area contributed by atoms with Crippen molar-refractivity contribution in [1.82, 2.24) is 9.97 Å². The first kappa shape index (κ1) is 14.5. The number of nitrogens with one attached hydrogen (secondary N) is 2. The van der Waals surface area contributed by atoms with E-state index in [-0.39, 0.29) is 23.0 Å². The van der Waals surface area contributed by atoms with E-state index in [2.05, 4.69) is 15.3 Å². The number of anilines is 1. The van der Waals surface area contributed by atoms with Gasteiger partial charge in [-0.3, -0.25) is 10.1 Å². The van der Waals surface area contributed by atoms with Crippen LogP contribution >= 0.6 is 11.6 Å². The van der Waals surface area contributed by atoms with Gasteiger partial charge in [-0.25, -0.2) is 13.8 Å². The Kier molecular flexibility index (Phi) is 3.77. The van der Waals surface area contributed by atoms with Crippen molar-refractivity contribution in [2.75, 3.05) is 5.32 Å². The maximum Gasteiger partial charge on any atom is 0.231 e. The molecule has 2 N–H and O–H groups in total. The third-order valence-electron chi connectivity index (χ3n) is 3.10. The molecule has 0 aliphatic carbocycles. The zero-order chi connectivity index (χ0) is 15.7. The highest BCUT2D eigenvalue weighted by Gasteiger charge is 2.13. The van der Waals surface area contributed by atoms with Crippen LogP contribution in [0.25, 0.3) is 11.0 Å². The first-order valence-corrected chi connectivity index (χ1v) is 6.79. The van der Waals surface area contributed by atoms with E-state index in [9.17, 15) is 13.6 Å². The number of aromatic nitrogens is 2. The normalized spacial score (nSPS) is 10.9. The van der Waals surface area contributed by atoms with Crippen LogP contribution in [0.4, 0.5) is 14.7 Å².